The van der Waals surface area contributed by atoms with Gasteiger partial charge in [0.25, 0.3) is 5.56 Å². The Hall–Kier alpha value is -1.72. The summed E-state index contributed by atoms with van der Waals surface area (Å²) in [5, 5.41) is 9.00. The van der Waals surface area contributed by atoms with Crippen molar-refractivity contribution in [3.63, 3.8) is 0 Å². The highest BCUT2D eigenvalue weighted by molar-refractivity contribution is 5.46. The van der Waals surface area contributed by atoms with E-state index in [-0.39, 0.29) is 12.2 Å². The zero-order valence-corrected chi connectivity index (χ0v) is 10.9. The molecule has 3 rings (SSSR count). The average Bonchev–Trinajstić information content (AvgIpc) is 2.34. The second-order valence-electron chi connectivity index (χ2n) is 5.21. The van der Waals surface area contributed by atoms with Gasteiger partial charge in [-0.15, -0.1) is 0 Å². The van der Waals surface area contributed by atoms with E-state index >= 15 is 0 Å². The molecule has 1 aliphatic heterocycles. The van der Waals surface area contributed by atoms with Crippen LogP contribution in [-0.4, -0.2) is 39.1 Å². The molecule has 2 aromatic rings. The van der Waals surface area contributed by atoms with Gasteiger partial charge in [0.15, 0.2) is 0 Å². The van der Waals surface area contributed by atoms with Crippen LogP contribution in [0.3, 0.4) is 0 Å². The summed E-state index contributed by atoms with van der Waals surface area (Å²) in [6.45, 7) is 4.63. The molecule has 1 N–H and O–H groups in total. The lowest BCUT2D eigenvalue weighted by Crippen LogP contribution is -2.47. The third kappa shape index (κ3) is 2.27. The van der Waals surface area contributed by atoms with Gasteiger partial charge in [-0.1, -0.05) is 6.07 Å². The van der Waals surface area contributed by atoms with Gasteiger partial charge in [0.05, 0.1) is 5.69 Å². The largest absolute Gasteiger partial charge is 0.396 e. The number of rotatable bonds is 3. The van der Waals surface area contributed by atoms with E-state index < -0.39 is 0 Å². The van der Waals surface area contributed by atoms with Crippen LogP contribution in [0, 0.1) is 12.8 Å². The van der Waals surface area contributed by atoms with E-state index in [0.29, 0.717) is 12.5 Å². The summed E-state index contributed by atoms with van der Waals surface area (Å²) in [5.74, 6) is 0.378. The van der Waals surface area contributed by atoms with Crippen LogP contribution in [0.1, 0.15) is 11.3 Å². The fourth-order valence-corrected chi connectivity index (χ4v) is 2.54. The fourth-order valence-electron chi connectivity index (χ4n) is 2.54. The zero-order valence-electron chi connectivity index (χ0n) is 10.9. The summed E-state index contributed by atoms with van der Waals surface area (Å²) in [6.07, 6.45) is 1.74. The molecule has 0 aromatic carbocycles. The molecule has 19 heavy (non-hydrogen) atoms. The number of aryl methyl sites for hydroxylation is 1. The maximum absolute atomic E-state index is 12.0. The lowest BCUT2D eigenvalue weighted by atomic mass is 10.0. The topological polar surface area (TPSA) is 57.8 Å². The van der Waals surface area contributed by atoms with E-state index in [4.69, 9.17) is 5.11 Å². The predicted octanol–water partition coefficient (Wildman–Crippen LogP) is 0.427. The maximum atomic E-state index is 12.0. The number of nitrogens with zero attached hydrogens (tertiary/aromatic N) is 3. The van der Waals surface area contributed by atoms with Crippen molar-refractivity contribution in [1.29, 1.82) is 0 Å². The van der Waals surface area contributed by atoms with Gasteiger partial charge < -0.3 is 5.11 Å². The predicted molar refractivity (Wildman–Crippen MR) is 72.1 cm³/mol. The van der Waals surface area contributed by atoms with Crippen LogP contribution >= 0.6 is 0 Å². The van der Waals surface area contributed by atoms with Crippen molar-refractivity contribution in [1.82, 2.24) is 14.3 Å². The Kier molecular flexibility index (Phi) is 3.08. The quantitative estimate of drug-likeness (QED) is 0.868. The number of fused-ring (bicyclic) bond motifs is 1. The molecule has 0 unspecified atom stereocenters. The van der Waals surface area contributed by atoms with E-state index in [0.717, 1.165) is 30.0 Å². The van der Waals surface area contributed by atoms with E-state index in [2.05, 4.69) is 9.88 Å². The van der Waals surface area contributed by atoms with E-state index in [9.17, 15) is 4.79 Å². The molecular weight excluding hydrogens is 242 g/mol. The van der Waals surface area contributed by atoms with Crippen molar-refractivity contribution >= 4 is 5.65 Å². The van der Waals surface area contributed by atoms with Crippen LogP contribution in [0.2, 0.25) is 0 Å². The second-order valence-corrected chi connectivity index (χ2v) is 5.21. The van der Waals surface area contributed by atoms with Crippen molar-refractivity contribution in [3.05, 3.63) is 46.0 Å². The summed E-state index contributed by atoms with van der Waals surface area (Å²) in [4.78, 5) is 18.8. The fraction of sp³-hybridized carbons (Fsp3) is 0.429. The minimum Gasteiger partial charge on any atom is -0.396 e. The number of aliphatic hydroxyl groups is 1. The molecule has 0 amide bonds. The molecule has 1 saturated heterocycles. The maximum Gasteiger partial charge on any atom is 0.258 e. The summed E-state index contributed by atoms with van der Waals surface area (Å²) in [5.41, 5.74) is 2.49. The molecule has 5 heteroatoms. The average molecular weight is 259 g/mol. The summed E-state index contributed by atoms with van der Waals surface area (Å²) >= 11 is 0. The molecule has 2 aromatic heterocycles. The molecule has 5 nitrogen and oxygen atoms in total. The Balaban J connectivity index is 1.89. The lowest BCUT2D eigenvalue weighted by Gasteiger charge is -2.37. The van der Waals surface area contributed by atoms with Crippen LogP contribution < -0.4 is 5.56 Å². The van der Waals surface area contributed by atoms with Crippen LogP contribution in [-0.2, 0) is 6.54 Å². The van der Waals surface area contributed by atoms with Gasteiger partial charge in [-0.3, -0.25) is 14.1 Å². The number of hydrogen-bond donors (Lipinski definition) is 1. The minimum atomic E-state index is -0.0390. The van der Waals surface area contributed by atoms with Crippen molar-refractivity contribution in [2.75, 3.05) is 19.7 Å². The molecule has 3 heterocycles. The van der Waals surface area contributed by atoms with Crippen LogP contribution in [0.4, 0.5) is 0 Å². The normalized spacial score (nSPS) is 16.7. The number of aromatic nitrogens is 2. The van der Waals surface area contributed by atoms with Crippen LogP contribution in [0.25, 0.3) is 5.65 Å². The standard InChI is InChI=1S/C14H17N3O2/c1-10-3-2-4-17-13(19)5-12(15-14(10)17)8-16-6-11(7-16)9-18/h2-5,11,18H,6-9H2,1H3. The van der Waals surface area contributed by atoms with Gasteiger partial charge in [0.2, 0.25) is 0 Å². The first kappa shape index (κ1) is 12.3. The lowest BCUT2D eigenvalue weighted by molar-refractivity contribution is 0.0470. The summed E-state index contributed by atoms with van der Waals surface area (Å²) in [7, 11) is 0. The molecule has 0 bridgehead atoms. The molecule has 1 fully saturated rings. The highest BCUT2D eigenvalue weighted by Gasteiger charge is 2.26. The van der Waals surface area contributed by atoms with E-state index in [1.165, 1.54) is 0 Å². The monoisotopic (exact) mass is 259 g/mol. The van der Waals surface area contributed by atoms with E-state index in [1.807, 2.05) is 19.1 Å². The van der Waals surface area contributed by atoms with Gasteiger partial charge in [-0.05, 0) is 18.6 Å². The van der Waals surface area contributed by atoms with Crippen molar-refractivity contribution in [2.24, 2.45) is 5.92 Å². The molecular formula is C14H17N3O2. The van der Waals surface area contributed by atoms with Crippen LogP contribution in [0.5, 0.6) is 0 Å². The Morgan fingerprint density at radius 1 is 1.47 bits per heavy atom. The van der Waals surface area contributed by atoms with Gasteiger partial charge in [-0.25, -0.2) is 4.98 Å². The molecule has 1 aliphatic rings. The third-order valence-corrected chi connectivity index (χ3v) is 3.62. The van der Waals surface area contributed by atoms with E-state index in [1.54, 1.807) is 16.7 Å². The number of hydrogen-bond acceptors (Lipinski definition) is 4. The molecule has 0 saturated carbocycles. The SMILES string of the molecule is Cc1cccn2c(=O)cc(CN3CC(CO)C3)nc12. The Morgan fingerprint density at radius 2 is 2.26 bits per heavy atom. The highest BCUT2D eigenvalue weighted by atomic mass is 16.3. The smallest absolute Gasteiger partial charge is 0.258 e. The highest BCUT2D eigenvalue weighted by Crippen LogP contribution is 2.17. The van der Waals surface area contributed by atoms with Crippen molar-refractivity contribution in [2.45, 2.75) is 13.5 Å². The molecule has 0 radical (unpaired) electrons. The van der Waals surface area contributed by atoms with Crippen molar-refractivity contribution in [3.8, 4) is 0 Å². The summed E-state index contributed by atoms with van der Waals surface area (Å²) < 4.78 is 1.57. The molecule has 0 spiro atoms. The van der Waals surface area contributed by atoms with Gasteiger partial charge >= 0.3 is 0 Å². The number of pyridine rings is 1. The van der Waals surface area contributed by atoms with Gasteiger partial charge in [0, 0.05) is 44.4 Å². The first-order chi connectivity index (χ1) is 9.17. The number of likely N-dealkylation sites (tertiary alicyclic amines) is 1. The Labute approximate surface area is 111 Å². The summed E-state index contributed by atoms with van der Waals surface area (Å²) in [6, 6.07) is 5.40. The second kappa shape index (κ2) is 4.75. The first-order valence-corrected chi connectivity index (χ1v) is 6.48. The van der Waals surface area contributed by atoms with Crippen molar-refractivity contribution < 1.29 is 5.11 Å². The van der Waals surface area contributed by atoms with Gasteiger partial charge in [0.1, 0.15) is 5.65 Å². The number of aliphatic hydroxyl groups excluding tert-OH is 1. The first-order valence-electron chi connectivity index (χ1n) is 6.48. The zero-order chi connectivity index (χ0) is 13.4. The third-order valence-electron chi connectivity index (χ3n) is 3.62. The Bertz CT molecular complexity index is 659. The van der Waals surface area contributed by atoms with Crippen LogP contribution in [0.15, 0.2) is 29.2 Å². The molecule has 0 aliphatic carbocycles. The molecule has 100 valence electrons. The Morgan fingerprint density at radius 3 is 3.00 bits per heavy atom. The minimum absolute atomic E-state index is 0.0390. The molecule has 0 atom stereocenters. The van der Waals surface area contributed by atoms with Gasteiger partial charge in [-0.2, -0.15) is 0 Å².